The maximum atomic E-state index is 12.5. The van der Waals surface area contributed by atoms with Crippen LogP contribution in [0.5, 0.6) is 23.5 Å². The number of urea groups is 1. The van der Waals surface area contributed by atoms with Crippen LogP contribution < -0.4 is 34.7 Å². The van der Waals surface area contributed by atoms with Crippen LogP contribution in [0.2, 0.25) is 10.0 Å². The second-order valence-corrected chi connectivity index (χ2v) is 13.7. The standard InChI is InChI=1S/C15H18Cl2N2O3.C15H19N5O7S/c1-8(2)21-12-7-11(9(16)6-10(12)17)19-14(20)22-13(18-19)15(3,4)5;1-24-8-9-27-10-6-4-5-7-11(10)28(22,23)20-13(21)16-12-17-14(25-2)19-15(18-12)26-3/h6-8H,1-5H3;4-7H,8-9H2,1-3H3,(H2,16,17,18,19,20,21). The van der Waals surface area contributed by atoms with E-state index in [1.54, 1.807) is 12.1 Å². The first-order valence-corrected chi connectivity index (χ1v) is 16.9. The summed E-state index contributed by atoms with van der Waals surface area (Å²) in [6.45, 7) is 9.87. The van der Waals surface area contributed by atoms with E-state index in [-0.39, 0.29) is 58.4 Å². The first-order valence-electron chi connectivity index (χ1n) is 14.6. The average molecular weight is 759 g/mol. The monoisotopic (exact) mass is 757 g/mol. The lowest BCUT2D eigenvalue weighted by Crippen LogP contribution is -2.35. The van der Waals surface area contributed by atoms with Crippen LogP contribution in [0.25, 0.3) is 5.69 Å². The van der Waals surface area contributed by atoms with Crippen molar-refractivity contribution in [1.29, 1.82) is 0 Å². The first-order chi connectivity index (χ1) is 23.5. The van der Waals surface area contributed by atoms with Gasteiger partial charge in [0, 0.05) is 18.6 Å². The zero-order valence-electron chi connectivity index (χ0n) is 28.4. The fourth-order valence-corrected chi connectivity index (χ4v) is 5.23. The normalized spacial score (nSPS) is 11.3. The maximum Gasteiger partial charge on any atom is 0.442 e. The lowest BCUT2D eigenvalue weighted by Gasteiger charge is -2.13. The summed E-state index contributed by atoms with van der Waals surface area (Å²) in [5, 5.41) is 7.05. The zero-order chi connectivity index (χ0) is 37.2. The minimum absolute atomic E-state index is 0.0642. The van der Waals surface area contributed by atoms with Gasteiger partial charge in [-0.05, 0) is 32.0 Å². The summed E-state index contributed by atoms with van der Waals surface area (Å²) in [4.78, 5) is 35.3. The summed E-state index contributed by atoms with van der Waals surface area (Å²) in [7, 11) is -0.133. The number of rotatable bonds is 12. The number of aromatic nitrogens is 5. The third-order valence-electron chi connectivity index (χ3n) is 5.88. The molecule has 2 aromatic carbocycles. The summed E-state index contributed by atoms with van der Waals surface area (Å²) in [6.07, 6.45) is -0.0642. The molecule has 0 aliphatic carbocycles. The quantitative estimate of drug-likeness (QED) is 0.189. The van der Waals surface area contributed by atoms with Crippen LogP contribution in [0, 0.1) is 0 Å². The van der Waals surface area contributed by atoms with Gasteiger partial charge < -0.3 is 28.1 Å². The summed E-state index contributed by atoms with van der Waals surface area (Å²) in [5.41, 5.74) is -0.0217. The van der Waals surface area contributed by atoms with E-state index in [1.165, 1.54) is 45.6 Å². The second-order valence-electron chi connectivity index (χ2n) is 11.2. The van der Waals surface area contributed by atoms with Crippen LogP contribution in [0.3, 0.4) is 0 Å². The molecule has 0 spiro atoms. The van der Waals surface area contributed by atoms with E-state index in [0.717, 1.165) is 4.68 Å². The maximum absolute atomic E-state index is 12.5. The topological polar surface area (TPSA) is 208 Å². The first kappa shape index (κ1) is 39.8. The number of hydrogen-bond donors (Lipinski definition) is 2. The fourth-order valence-electron chi connectivity index (χ4n) is 3.67. The van der Waals surface area contributed by atoms with Crippen LogP contribution >= 0.6 is 23.2 Å². The van der Waals surface area contributed by atoms with Gasteiger partial charge in [0.05, 0.1) is 42.7 Å². The van der Waals surface area contributed by atoms with E-state index in [9.17, 15) is 18.0 Å². The number of halogens is 2. The van der Waals surface area contributed by atoms with Gasteiger partial charge in [-0.2, -0.15) is 14.6 Å². The van der Waals surface area contributed by atoms with Gasteiger partial charge >= 0.3 is 23.8 Å². The van der Waals surface area contributed by atoms with Crippen molar-refractivity contribution in [2.45, 2.75) is 51.0 Å². The molecule has 20 heteroatoms. The minimum atomic E-state index is -4.24. The van der Waals surface area contributed by atoms with Crippen LogP contribution in [-0.2, 0) is 20.2 Å². The number of ether oxygens (including phenoxy) is 5. The Bertz CT molecular complexity index is 1920. The molecule has 0 aliphatic rings. The molecular weight excluding hydrogens is 721 g/mol. The highest BCUT2D eigenvalue weighted by Crippen LogP contribution is 2.33. The molecule has 2 N–H and O–H groups in total. The Morgan fingerprint density at radius 3 is 2.16 bits per heavy atom. The number of para-hydroxylation sites is 1. The fraction of sp³-hybridized carbons (Fsp3) is 0.400. The Balaban J connectivity index is 0.000000278. The number of hydrogen-bond acceptors (Lipinski definition) is 14. The van der Waals surface area contributed by atoms with Crippen molar-refractivity contribution in [2.75, 3.05) is 39.9 Å². The Morgan fingerprint density at radius 2 is 1.60 bits per heavy atom. The Labute approximate surface area is 298 Å². The van der Waals surface area contributed by atoms with Crippen molar-refractivity contribution in [1.82, 2.24) is 29.5 Å². The molecular formula is C30H37Cl2N7O10S. The SMILES string of the molecule is CC(C)Oc1cc(-n2nc(C(C)(C)C)oc2=O)c(Cl)cc1Cl.COCCOc1ccccc1S(=O)(=O)NC(=O)Nc1nc(OC)nc(OC)n1. The molecule has 0 saturated heterocycles. The van der Waals surface area contributed by atoms with Gasteiger partial charge in [0.1, 0.15) is 23.0 Å². The molecule has 0 bridgehead atoms. The molecule has 4 rings (SSSR count). The minimum Gasteiger partial charge on any atom is -0.490 e. The molecule has 0 aliphatic heterocycles. The van der Waals surface area contributed by atoms with Gasteiger partial charge in [-0.25, -0.2) is 22.7 Å². The number of amides is 2. The molecule has 0 fully saturated rings. The largest absolute Gasteiger partial charge is 0.490 e. The van der Waals surface area contributed by atoms with Crippen molar-refractivity contribution in [3.8, 4) is 29.2 Å². The van der Waals surface area contributed by atoms with Crippen LogP contribution in [0.4, 0.5) is 10.7 Å². The molecule has 0 radical (unpaired) electrons. The van der Waals surface area contributed by atoms with Crippen molar-refractivity contribution in [3.05, 3.63) is 62.9 Å². The molecule has 0 unspecified atom stereocenters. The predicted molar refractivity (Wildman–Crippen MR) is 183 cm³/mol. The number of carbonyl (C=O) groups is 1. The van der Waals surface area contributed by atoms with E-state index in [2.05, 4.69) is 25.4 Å². The number of sulfonamides is 1. The predicted octanol–water partition coefficient (Wildman–Crippen LogP) is 4.64. The molecule has 0 saturated carbocycles. The summed E-state index contributed by atoms with van der Waals surface area (Å²) >= 11 is 12.3. The number of carbonyl (C=O) groups excluding carboxylic acids is 1. The third kappa shape index (κ3) is 10.9. The molecule has 50 heavy (non-hydrogen) atoms. The lowest BCUT2D eigenvalue weighted by atomic mass is 9.97. The molecule has 4 aromatic rings. The van der Waals surface area contributed by atoms with Gasteiger partial charge in [0.15, 0.2) is 0 Å². The molecule has 2 aromatic heterocycles. The number of anilines is 1. The highest BCUT2D eigenvalue weighted by molar-refractivity contribution is 7.90. The second kappa shape index (κ2) is 17.3. The van der Waals surface area contributed by atoms with Crippen molar-refractivity contribution in [2.24, 2.45) is 0 Å². The van der Waals surface area contributed by atoms with Crippen LogP contribution in [0.1, 0.15) is 40.5 Å². The number of nitrogens with zero attached hydrogens (tertiary/aromatic N) is 5. The van der Waals surface area contributed by atoms with E-state index in [1.807, 2.05) is 39.3 Å². The van der Waals surface area contributed by atoms with Gasteiger partial charge in [-0.15, -0.1) is 10.1 Å². The Kier molecular flexibility index (Phi) is 13.8. The van der Waals surface area contributed by atoms with E-state index in [0.29, 0.717) is 22.4 Å². The zero-order valence-corrected chi connectivity index (χ0v) is 30.8. The number of nitrogens with one attached hydrogen (secondary N) is 2. The van der Waals surface area contributed by atoms with Gasteiger partial charge in [0.25, 0.3) is 10.0 Å². The van der Waals surface area contributed by atoms with E-state index >= 15 is 0 Å². The highest BCUT2D eigenvalue weighted by atomic mass is 35.5. The average Bonchev–Trinajstić information content (AvgIpc) is 3.44. The summed E-state index contributed by atoms with van der Waals surface area (Å²) in [5.74, 6) is -0.0351. The van der Waals surface area contributed by atoms with Gasteiger partial charge in [0.2, 0.25) is 11.8 Å². The molecule has 17 nitrogen and oxygen atoms in total. The van der Waals surface area contributed by atoms with Crippen molar-refractivity contribution < 1.29 is 41.3 Å². The third-order valence-corrected chi connectivity index (χ3v) is 7.85. The van der Waals surface area contributed by atoms with E-state index < -0.39 is 21.8 Å². The Hall–Kier alpha value is -4.65. The Morgan fingerprint density at radius 1 is 0.960 bits per heavy atom. The molecule has 2 heterocycles. The molecule has 272 valence electrons. The van der Waals surface area contributed by atoms with Crippen LogP contribution in [0.15, 0.2) is 50.5 Å². The smallest absolute Gasteiger partial charge is 0.442 e. The summed E-state index contributed by atoms with van der Waals surface area (Å²) < 4.78 is 58.8. The van der Waals surface area contributed by atoms with Gasteiger partial charge in [-0.1, -0.05) is 56.1 Å². The molecule has 0 atom stereocenters. The van der Waals surface area contributed by atoms with E-state index in [4.69, 9.17) is 51.3 Å². The number of methoxy groups -OCH3 is 3. The highest BCUT2D eigenvalue weighted by Gasteiger charge is 2.25. The van der Waals surface area contributed by atoms with Crippen LogP contribution in [-0.4, -0.2) is 79.8 Å². The molecule has 2 amide bonds. The van der Waals surface area contributed by atoms with Gasteiger partial charge in [-0.3, -0.25) is 5.32 Å². The van der Waals surface area contributed by atoms with Crippen molar-refractivity contribution >= 4 is 45.2 Å². The summed E-state index contributed by atoms with van der Waals surface area (Å²) in [6, 6.07) is 7.62. The lowest BCUT2D eigenvalue weighted by molar-refractivity contribution is 0.144. The number of benzene rings is 2. The van der Waals surface area contributed by atoms with Crippen molar-refractivity contribution in [3.63, 3.8) is 0 Å².